The van der Waals surface area contributed by atoms with Gasteiger partial charge < -0.3 is 24.9 Å². The smallest absolute Gasteiger partial charge is 0.231 e. The fourth-order valence-corrected chi connectivity index (χ4v) is 2.92. The molecule has 3 heterocycles. The van der Waals surface area contributed by atoms with Gasteiger partial charge in [0, 0.05) is 25.1 Å². The molecule has 2 aromatic rings. The second-order valence-corrected chi connectivity index (χ2v) is 6.20. The SMILES string of the molecule is CCCNc1ccc2c(n1)NCC/C2=N\OCc1ccc2c(c1)OCO2. The first-order chi connectivity index (χ1) is 12.8. The Balaban J connectivity index is 1.43. The maximum atomic E-state index is 5.59. The number of rotatable bonds is 6. The zero-order valence-electron chi connectivity index (χ0n) is 14.7. The molecular formula is C19H22N4O3. The Morgan fingerprint density at radius 3 is 3.08 bits per heavy atom. The van der Waals surface area contributed by atoms with Crippen LogP contribution in [0.15, 0.2) is 35.5 Å². The van der Waals surface area contributed by atoms with Gasteiger partial charge in [-0.2, -0.15) is 0 Å². The van der Waals surface area contributed by atoms with Crippen LogP contribution in [-0.2, 0) is 11.4 Å². The normalized spacial score (nSPS) is 16.1. The number of hydrogen-bond acceptors (Lipinski definition) is 7. The monoisotopic (exact) mass is 354 g/mol. The van der Waals surface area contributed by atoms with Crippen molar-refractivity contribution in [2.45, 2.75) is 26.4 Å². The lowest BCUT2D eigenvalue weighted by Crippen LogP contribution is -2.20. The van der Waals surface area contributed by atoms with Crippen LogP contribution in [0.2, 0.25) is 0 Å². The van der Waals surface area contributed by atoms with Crippen LogP contribution < -0.4 is 20.1 Å². The van der Waals surface area contributed by atoms with E-state index in [-0.39, 0.29) is 6.79 Å². The molecule has 0 spiro atoms. The molecule has 0 aliphatic carbocycles. The van der Waals surface area contributed by atoms with Gasteiger partial charge in [-0.25, -0.2) is 4.98 Å². The molecule has 1 aromatic carbocycles. The highest BCUT2D eigenvalue weighted by molar-refractivity contribution is 6.05. The summed E-state index contributed by atoms with van der Waals surface area (Å²) >= 11 is 0. The van der Waals surface area contributed by atoms with Crippen molar-refractivity contribution in [2.24, 2.45) is 5.16 Å². The van der Waals surface area contributed by atoms with E-state index in [2.05, 4.69) is 27.7 Å². The van der Waals surface area contributed by atoms with E-state index in [1.165, 1.54) is 0 Å². The van der Waals surface area contributed by atoms with Crippen molar-refractivity contribution in [3.05, 3.63) is 41.5 Å². The lowest BCUT2D eigenvalue weighted by molar-refractivity contribution is 0.130. The lowest BCUT2D eigenvalue weighted by atomic mass is 10.1. The first kappa shape index (κ1) is 16.5. The van der Waals surface area contributed by atoms with Crippen LogP contribution in [0, 0.1) is 0 Å². The van der Waals surface area contributed by atoms with Gasteiger partial charge in [-0.15, -0.1) is 0 Å². The molecule has 2 N–H and O–H groups in total. The predicted molar refractivity (Wildman–Crippen MR) is 100 cm³/mol. The molecule has 0 saturated heterocycles. The van der Waals surface area contributed by atoms with Crippen LogP contribution >= 0.6 is 0 Å². The number of hydrogen-bond donors (Lipinski definition) is 2. The average molecular weight is 354 g/mol. The molecule has 26 heavy (non-hydrogen) atoms. The molecule has 2 aliphatic rings. The number of benzene rings is 1. The van der Waals surface area contributed by atoms with Crippen molar-refractivity contribution in [3.8, 4) is 11.5 Å². The third-order valence-electron chi connectivity index (χ3n) is 4.26. The van der Waals surface area contributed by atoms with Gasteiger partial charge in [-0.05, 0) is 36.2 Å². The first-order valence-electron chi connectivity index (χ1n) is 8.90. The molecule has 0 radical (unpaired) electrons. The molecule has 0 fully saturated rings. The number of ether oxygens (including phenoxy) is 2. The molecule has 7 nitrogen and oxygen atoms in total. The molecule has 0 unspecified atom stereocenters. The number of nitrogens with one attached hydrogen (secondary N) is 2. The van der Waals surface area contributed by atoms with E-state index in [1.807, 2.05) is 30.3 Å². The molecule has 1 aromatic heterocycles. The fourth-order valence-electron chi connectivity index (χ4n) is 2.92. The van der Waals surface area contributed by atoms with Crippen molar-refractivity contribution in [1.82, 2.24) is 4.98 Å². The second-order valence-electron chi connectivity index (χ2n) is 6.20. The first-order valence-corrected chi connectivity index (χ1v) is 8.90. The summed E-state index contributed by atoms with van der Waals surface area (Å²) in [6, 6.07) is 9.79. The lowest BCUT2D eigenvalue weighted by Gasteiger charge is -2.19. The molecule has 4 rings (SSSR count). The maximum absolute atomic E-state index is 5.59. The van der Waals surface area contributed by atoms with E-state index in [1.54, 1.807) is 0 Å². The van der Waals surface area contributed by atoms with Crippen molar-refractivity contribution < 1.29 is 14.3 Å². The summed E-state index contributed by atoms with van der Waals surface area (Å²) in [6.45, 7) is 4.49. The summed E-state index contributed by atoms with van der Waals surface area (Å²) in [5.41, 5.74) is 2.89. The summed E-state index contributed by atoms with van der Waals surface area (Å²) in [4.78, 5) is 10.2. The van der Waals surface area contributed by atoms with Crippen LogP contribution in [0.1, 0.15) is 30.9 Å². The highest BCUT2D eigenvalue weighted by Crippen LogP contribution is 2.32. The fraction of sp³-hybridized carbons (Fsp3) is 0.368. The predicted octanol–water partition coefficient (Wildman–Crippen LogP) is 3.37. The number of anilines is 2. The Kier molecular flexibility index (Phi) is 4.77. The summed E-state index contributed by atoms with van der Waals surface area (Å²) in [7, 11) is 0. The van der Waals surface area contributed by atoms with Crippen LogP contribution in [0.25, 0.3) is 0 Å². The Bertz CT molecular complexity index is 822. The van der Waals surface area contributed by atoms with Gasteiger partial charge in [-0.1, -0.05) is 18.1 Å². The van der Waals surface area contributed by atoms with Crippen LogP contribution in [0.3, 0.4) is 0 Å². The van der Waals surface area contributed by atoms with Gasteiger partial charge in [0.1, 0.15) is 18.2 Å². The van der Waals surface area contributed by atoms with E-state index >= 15 is 0 Å². The Morgan fingerprint density at radius 2 is 2.15 bits per heavy atom. The molecule has 0 bridgehead atoms. The Labute approximate surface area is 152 Å². The minimum Gasteiger partial charge on any atom is -0.454 e. The molecule has 7 heteroatoms. The van der Waals surface area contributed by atoms with Gasteiger partial charge in [0.05, 0.1) is 5.71 Å². The zero-order chi connectivity index (χ0) is 17.8. The average Bonchev–Trinajstić information content (AvgIpc) is 3.14. The molecule has 0 amide bonds. The third kappa shape index (κ3) is 3.51. The summed E-state index contributed by atoms with van der Waals surface area (Å²) in [5.74, 6) is 3.25. The summed E-state index contributed by atoms with van der Waals surface area (Å²) in [6.07, 6.45) is 1.87. The van der Waals surface area contributed by atoms with Gasteiger partial charge >= 0.3 is 0 Å². The highest BCUT2D eigenvalue weighted by Gasteiger charge is 2.18. The van der Waals surface area contributed by atoms with E-state index in [9.17, 15) is 0 Å². The molecular weight excluding hydrogens is 332 g/mol. The quantitative estimate of drug-likeness (QED) is 0.775. The molecule has 2 aliphatic heterocycles. The number of fused-ring (bicyclic) bond motifs is 2. The van der Waals surface area contributed by atoms with E-state index in [0.717, 1.165) is 65.9 Å². The highest BCUT2D eigenvalue weighted by atomic mass is 16.7. The number of oxime groups is 1. The van der Waals surface area contributed by atoms with Crippen molar-refractivity contribution in [3.63, 3.8) is 0 Å². The van der Waals surface area contributed by atoms with Crippen LogP contribution in [0.4, 0.5) is 11.6 Å². The van der Waals surface area contributed by atoms with Crippen molar-refractivity contribution >= 4 is 17.3 Å². The summed E-state index contributed by atoms with van der Waals surface area (Å²) in [5, 5.41) is 11.0. The number of nitrogens with zero attached hydrogens (tertiary/aromatic N) is 2. The van der Waals surface area contributed by atoms with Crippen molar-refractivity contribution in [2.75, 3.05) is 30.5 Å². The van der Waals surface area contributed by atoms with Crippen molar-refractivity contribution in [1.29, 1.82) is 0 Å². The minimum absolute atomic E-state index is 0.272. The van der Waals surface area contributed by atoms with Gasteiger partial charge in [-0.3, -0.25) is 0 Å². The van der Waals surface area contributed by atoms with Crippen LogP contribution in [0.5, 0.6) is 11.5 Å². The topological polar surface area (TPSA) is 77.0 Å². The van der Waals surface area contributed by atoms with Gasteiger partial charge in [0.25, 0.3) is 0 Å². The number of aromatic nitrogens is 1. The second kappa shape index (κ2) is 7.51. The van der Waals surface area contributed by atoms with E-state index in [4.69, 9.17) is 14.3 Å². The largest absolute Gasteiger partial charge is 0.454 e. The Hall–Kier alpha value is -2.96. The molecule has 136 valence electrons. The third-order valence-corrected chi connectivity index (χ3v) is 4.26. The maximum Gasteiger partial charge on any atom is 0.231 e. The summed E-state index contributed by atoms with van der Waals surface area (Å²) < 4.78 is 10.7. The van der Waals surface area contributed by atoms with E-state index in [0.29, 0.717) is 6.61 Å². The Morgan fingerprint density at radius 1 is 1.23 bits per heavy atom. The molecule has 0 atom stereocenters. The minimum atomic E-state index is 0.272. The zero-order valence-corrected chi connectivity index (χ0v) is 14.7. The van der Waals surface area contributed by atoms with Gasteiger partial charge in [0.2, 0.25) is 6.79 Å². The molecule has 0 saturated carbocycles. The number of pyridine rings is 1. The standard InChI is InChI=1S/C19H22N4O3/c1-2-8-20-18-6-4-14-15(7-9-21-19(14)22-18)23-26-11-13-3-5-16-17(10-13)25-12-24-16/h3-6,10H,2,7-9,11-12H2,1H3,(H2,20,21,22)/b23-15+. The van der Waals surface area contributed by atoms with Gasteiger partial charge in [0.15, 0.2) is 11.5 Å². The van der Waals surface area contributed by atoms with Crippen LogP contribution in [-0.4, -0.2) is 30.6 Å². The van der Waals surface area contributed by atoms with E-state index < -0.39 is 0 Å².